The Morgan fingerprint density at radius 2 is 2.13 bits per heavy atom. The molecule has 0 aromatic heterocycles. The van der Waals surface area contributed by atoms with E-state index in [2.05, 4.69) is 5.32 Å². The van der Waals surface area contributed by atoms with Gasteiger partial charge in [-0.1, -0.05) is 12.8 Å². The van der Waals surface area contributed by atoms with Crippen molar-refractivity contribution < 1.29 is 9.53 Å². The Bertz CT molecular complexity index is 201. The fraction of sp³-hybridized carbons (Fsp3) is 0.909. The van der Waals surface area contributed by atoms with Crippen molar-refractivity contribution >= 4 is 5.91 Å². The second-order valence-electron chi connectivity index (χ2n) is 4.34. The van der Waals surface area contributed by atoms with Crippen LogP contribution >= 0.6 is 0 Å². The number of nitrogens with one attached hydrogen (secondary N) is 1. The number of carbonyl (C=O) groups excluding carboxylic acids is 1. The van der Waals surface area contributed by atoms with Crippen molar-refractivity contribution in [1.29, 1.82) is 0 Å². The molecule has 1 fully saturated rings. The van der Waals surface area contributed by atoms with Gasteiger partial charge in [0.05, 0.1) is 5.54 Å². The number of amides is 1. The highest BCUT2D eigenvalue weighted by Crippen LogP contribution is 2.28. The average Bonchev–Trinajstić information content (AvgIpc) is 2.67. The Morgan fingerprint density at radius 1 is 1.47 bits per heavy atom. The van der Waals surface area contributed by atoms with Gasteiger partial charge in [-0.2, -0.15) is 0 Å². The van der Waals surface area contributed by atoms with Crippen molar-refractivity contribution in [3.8, 4) is 0 Å². The van der Waals surface area contributed by atoms with Crippen LogP contribution in [0.5, 0.6) is 0 Å². The number of ether oxygens (including phenoxy) is 1. The van der Waals surface area contributed by atoms with Crippen LogP contribution in [0.1, 0.15) is 38.5 Å². The number of carbonyl (C=O) groups is 1. The lowest BCUT2D eigenvalue weighted by Crippen LogP contribution is -2.51. The maximum absolute atomic E-state index is 11.6. The first-order valence-electron chi connectivity index (χ1n) is 5.72. The van der Waals surface area contributed by atoms with Crippen molar-refractivity contribution in [2.24, 2.45) is 5.73 Å². The first-order chi connectivity index (χ1) is 7.22. The van der Waals surface area contributed by atoms with Crippen molar-refractivity contribution in [2.75, 3.05) is 20.3 Å². The van der Waals surface area contributed by atoms with E-state index in [-0.39, 0.29) is 11.4 Å². The van der Waals surface area contributed by atoms with E-state index in [0.29, 0.717) is 19.6 Å². The van der Waals surface area contributed by atoms with E-state index < -0.39 is 0 Å². The van der Waals surface area contributed by atoms with Crippen molar-refractivity contribution in [3.05, 3.63) is 0 Å². The SMILES string of the molecule is COCCCC(=O)NC1(CN)CCCC1. The summed E-state index contributed by atoms with van der Waals surface area (Å²) in [4.78, 5) is 11.6. The zero-order valence-corrected chi connectivity index (χ0v) is 9.55. The molecule has 4 nitrogen and oxygen atoms in total. The Kier molecular flexibility index (Phi) is 5.05. The molecular weight excluding hydrogens is 192 g/mol. The van der Waals surface area contributed by atoms with Gasteiger partial charge in [0, 0.05) is 26.7 Å². The van der Waals surface area contributed by atoms with Gasteiger partial charge in [0.25, 0.3) is 0 Å². The summed E-state index contributed by atoms with van der Waals surface area (Å²) in [7, 11) is 1.65. The highest BCUT2D eigenvalue weighted by molar-refractivity contribution is 5.76. The monoisotopic (exact) mass is 214 g/mol. The van der Waals surface area contributed by atoms with Gasteiger partial charge in [-0.15, -0.1) is 0 Å². The highest BCUT2D eigenvalue weighted by Gasteiger charge is 2.33. The molecule has 0 heterocycles. The van der Waals surface area contributed by atoms with E-state index in [1.54, 1.807) is 7.11 Å². The van der Waals surface area contributed by atoms with E-state index in [0.717, 1.165) is 19.3 Å². The molecule has 0 spiro atoms. The van der Waals surface area contributed by atoms with Crippen LogP contribution in [-0.2, 0) is 9.53 Å². The summed E-state index contributed by atoms with van der Waals surface area (Å²) < 4.78 is 4.91. The molecule has 0 aliphatic heterocycles. The lowest BCUT2D eigenvalue weighted by Gasteiger charge is -2.28. The van der Waals surface area contributed by atoms with E-state index in [1.807, 2.05) is 0 Å². The summed E-state index contributed by atoms with van der Waals surface area (Å²) in [6, 6.07) is 0. The molecule has 3 N–H and O–H groups in total. The van der Waals surface area contributed by atoms with Crippen LogP contribution in [0, 0.1) is 0 Å². The number of hydrogen-bond acceptors (Lipinski definition) is 3. The molecule has 0 unspecified atom stereocenters. The highest BCUT2D eigenvalue weighted by atomic mass is 16.5. The van der Waals surface area contributed by atoms with Gasteiger partial charge in [-0.25, -0.2) is 0 Å². The molecule has 0 radical (unpaired) electrons. The third kappa shape index (κ3) is 3.80. The molecule has 0 saturated heterocycles. The minimum Gasteiger partial charge on any atom is -0.385 e. The quantitative estimate of drug-likeness (QED) is 0.643. The third-order valence-corrected chi connectivity index (χ3v) is 3.11. The predicted octanol–water partition coefficient (Wildman–Crippen LogP) is 0.801. The zero-order chi connectivity index (χ0) is 11.1. The lowest BCUT2D eigenvalue weighted by molar-refractivity contribution is -0.123. The largest absolute Gasteiger partial charge is 0.385 e. The van der Waals surface area contributed by atoms with Crippen LogP contribution < -0.4 is 11.1 Å². The minimum atomic E-state index is -0.107. The fourth-order valence-electron chi connectivity index (χ4n) is 2.17. The van der Waals surface area contributed by atoms with E-state index in [9.17, 15) is 4.79 Å². The van der Waals surface area contributed by atoms with Crippen molar-refractivity contribution in [2.45, 2.75) is 44.1 Å². The predicted molar refractivity (Wildman–Crippen MR) is 59.5 cm³/mol. The molecule has 1 rings (SSSR count). The normalized spacial score (nSPS) is 19.1. The van der Waals surface area contributed by atoms with Crippen LogP contribution in [0.25, 0.3) is 0 Å². The van der Waals surface area contributed by atoms with Crippen LogP contribution in [0.15, 0.2) is 0 Å². The van der Waals surface area contributed by atoms with Crippen molar-refractivity contribution in [3.63, 3.8) is 0 Å². The summed E-state index contributed by atoms with van der Waals surface area (Å²) in [5.41, 5.74) is 5.63. The topological polar surface area (TPSA) is 64.3 Å². The molecule has 0 aromatic rings. The van der Waals surface area contributed by atoms with Gasteiger partial charge in [0.15, 0.2) is 0 Å². The van der Waals surface area contributed by atoms with Gasteiger partial charge < -0.3 is 15.8 Å². The smallest absolute Gasteiger partial charge is 0.220 e. The molecule has 0 aromatic carbocycles. The van der Waals surface area contributed by atoms with Gasteiger partial charge in [0.2, 0.25) is 5.91 Å². The summed E-state index contributed by atoms with van der Waals surface area (Å²) in [5, 5.41) is 3.08. The van der Waals surface area contributed by atoms with E-state index >= 15 is 0 Å². The van der Waals surface area contributed by atoms with Crippen LogP contribution in [0.2, 0.25) is 0 Å². The van der Waals surface area contributed by atoms with Gasteiger partial charge in [-0.3, -0.25) is 4.79 Å². The molecule has 1 aliphatic rings. The lowest BCUT2D eigenvalue weighted by atomic mass is 9.97. The van der Waals surface area contributed by atoms with Crippen LogP contribution in [0.4, 0.5) is 0 Å². The third-order valence-electron chi connectivity index (χ3n) is 3.11. The molecule has 15 heavy (non-hydrogen) atoms. The fourth-order valence-corrected chi connectivity index (χ4v) is 2.17. The summed E-state index contributed by atoms with van der Waals surface area (Å²) in [5.74, 6) is 0.111. The first-order valence-corrected chi connectivity index (χ1v) is 5.72. The van der Waals surface area contributed by atoms with Crippen molar-refractivity contribution in [1.82, 2.24) is 5.32 Å². The first kappa shape index (κ1) is 12.5. The Hall–Kier alpha value is -0.610. The number of rotatable bonds is 6. The van der Waals surface area contributed by atoms with E-state index in [4.69, 9.17) is 10.5 Å². The summed E-state index contributed by atoms with van der Waals surface area (Å²) >= 11 is 0. The molecular formula is C11H22N2O2. The second kappa shape index (κ2) is 6.08. The Balaban J connectivity index is 2.28. The minimum absolute atomic E-state index is 0.107. The molecule has 1 aliphatic carbocycles. The van der Waals surface area contributed by atoms with Crippen LogP contribution in [-0.4, -0.2) is 31.7 Å². The number of nitrogens with two attached hydrogens (primary N) is 1. The standard InChI is InChI=1S/C11H22N2O2/c1-15-8-4-5-10(14)13-11(9-12)6-2-3-7-11/h2-9,12H2,1H3,(H,13,14). The Labute approximate surface area is 91.5 Å². The zero-order valence-electron chi connectivity index (χ0n) is 9.55. The number of hydrogen-bond donors (Lipinski definition) is 2. The Morgan fingerprint density at radius 3 is 2.67 bits per heavy atom. The van der Waals surface area contributed by atoms with Gasteiger partial charge in [0.1, 0.15) is 0 Å². The van der Waals surface area contributed by atoms with Gasteiger partial charge >= 0.3 is 0 Å². The molecule has 88 valence electrons. The number of methoxy groups -OCH3 is 1. The molecule has 1 amide bonds. The maximum Gasteiger partial charge on any atom is 0.220 e. The molecule has 0 bridgehead atoms. The maximum atomic E-state index is 11.6. The molecule has 4 heteroatoms. The average molecular weight is 214 g/mol. The molecule has 1 saturated carbocycles. The summed E-state index contributed by atoms with van der Waals surface area (Å²) in [6.07, 6.45) is 5.72. The van der Waals surface area contributed by atoms with E-state index in [1.165, 1.54) is 12.8 Å². The summed E-state index contributed by atoms with van der Waals surface area (Å²) in [6.45, 7) is 1.20. The van der Waals surface area contributed by atoms with Crippen LogP contribution in [0.3, 0.4) is 0 Å². The molecule has 0 atom stereocenters. The van der Waals surface area contributed by atoms with Gasteiger partial charge in [-0.05, 0) is 19.3 Å². The second-order valence-corrected chi connectivity index (χ2v) is 4.34.